The number of fused-ring (bicyclic) bond motifs is 1. The Hall–Kier alpha value is -0.470. The first-order chi connectivity index (χ1) is 8.27. The van der Waals surface area contributed by atoms with Crippen LogP contribution in [0.3, 0.4) is 0 Å². The summed E-state index contributed by atoms with van der Waals surface area (Å²) in [4.78, 5) is 0. The second-order valence-corrected chi connectivity index (χ2v) is 6.29. The lowest BCUT2D eigenvalue weighted by molar-refractivity contribution is 0.473. The summed E-state index contributed by atoms with van der Waals surface area (Å²) in [5, 5.41) is 4.25. The molecule has 17 heavy (non-hydrogen) atoms. The third kappa shape index (κ3) is 2.69. The van der Waals surface area contributed by atoms with E-state index in [1.807, 2.05) is 0 Å². The summed E-state index contributed by atoms with van der Waals surface area (Å²) in [5.74, 6) is 1.97. The average Bonchev–Trinajstić information content (AvgIpc) is 2.36. The van der Waals surface area contributed by atoms with Crippen molar-refractivity contribution in [2.45, 2.75) is 43.9 Å². The monoisotopic (exact) mass is 249 g/mol. The fraction of sp³-hybridized carbons (Fsp3) is 0.600. The molecule has 94 valence electrons. The standard InChI is InChI=1S/C15H23NS/c1-4-9-17-14-10-11(2)12-7-5-6-8-13(12)15(14)16-3/h5-8,11,14-16H,4,9-10H2,1-3H3. The van der Waals surface area contributed by atoms with Crippen LogP contribution in [0.25, 0.3) is 0 Å². The van der Waals surface area contributed by atoms with E-state index in [1.165, 1.54) is 24.2 Å². The van der Waals surface area contributed by atoms with E-state index in [0.717, 1.165) is 5.25 Å². The largest absolute Gasteiger partial charge is 0.312 e. The van der Waals surface area contributed by atoms with Gasteiger partial charge in [0, 0.05) is 11.3 Å². The van der Waals surface area contributed by atoms with Crippen molar-refractivity contribution in [3.63, 3.8) is 0 Å². The molecule has 3 unspecified atom stereocenters. The molecule has 1 aromatic rings. The van der Waals surface area contributed by atoms with Crippen LogP contribution in [0.1, 0.15) is 49.8 Å². The lowest BCUT2D eigenvalue weighted by atomic mass is 9.81. The molecule has 3 atom stereocenters. The summed E-state index contributed by atoms with van der Waals surface area (Å²) in [6.45, 7) is 4.63. The molecule has 1 aliphatic rings. The fourth-order valence-electron chi connectivity index (χ4n) is 2.83. The summed E-state index contributed by atoms with van der Waals surface area (Å²) in [6, 6.07) is 9.46. The zero-order chi connectivity index (χ0) is 12.3. The smallest absolute Gasteiger partial charge is 0.0441 e. The molecule has 0 aliphatic heterocycles. The van der Waals surface area contributed by atoms with Gasteiger partial charge in [0.2, 0.25) is 0 Å². The number of benzene rings is 1. The SMILES string of the molecule is CCCSC1CC(C)c2ccccc2C1NC. The van der Waals surface area contributed by atoms with E-state index in [9.17, 15) is 0 Å². The van der Waals surface area contributed by atoms with E-state index in [-0.39, 0.29) is 0 Å². The highest BCUT2D eigenvalue weighted by molar-refractivity contribution is 7.99. The lowest BCUT2D eigenvalue weighted by Crippen LogP contribution is -2.33. The summed E-state index contributed by atoms with van der Waals surface area (Å²) in [7, 11) is 2.09. The lowest BCUT2D eigenvalue weighted by Gasteiger charge is -2.36. The van der Waals surface area contributed by atoms with Gasteiger partial charge in [-0.2, -0.15) is 11.8 Å². The van der Waals surface area contributed by atoms with Gasteiger partial charge in [0.25, 0.3) is 0 Å². The Morgan fingerprint density at radius 2 is 2.00 bits per heavy atom. The molecule has 0 spiro atoms. The maximum atomic E-state index is 3.52. The maximum absolute atomic E-state index is 3.52. The highest BCUT2D eigenvalue weighted by Gasteiger charge is 2.31. The van der Waals surface area contributed by atoms with E-state index in [4.69, 9.17) is 0 Å². The van der Waals surface area contributed by atoms with Crippen LogP contribution >= 0.6 is 11.8 Å². The maximum Gasteiger partial charge on any atom is 0.0441 e. The zero-order valence-electron chi connectivity index (χ0n) is 11.1. The third-order valence-electron chi connectivity index (χ3n) is 3.67. The topological polar surface area (TPSA) is 12.0 Å². The van der Waals surface area contributed by atoms with E-state index >= 15 is 0 Å². The van der Waals surface area contributed by atoms with Crippen LogP contribution < -0.4 is 5.32 Å². The van der Waals surface area contributed by atoms with Crippen molar-refractivity contribution < 1.29 is 0 Å². The molecular weight excluding hydrogens is 226 g/mol. The first kappa shape index (κ1) is 13.0. The molecule has 0 heterocycles. The first-order valence-electron chi connectivity index (χ1n) is 6.65. The van der Waals surface area contributed by atoms with Gasteiger partial charge in [0.1, 0.15) is 0 Å². The molecule has 0 aromatic heterocycles. The van der Waals surface area contributed by atoms with Gasteiger partial charge in [0.05, 0.1) is 0 Å². The summed E-state index contributed by atoms with van der Waals surface area (Å²) in [5.41, 5.74) is 3.06. The van der Waals surface area contributed by atoms with E-state index in [1.54, 1.807) is 5.56 Å². The molecule has 2 heteroatoms. The molecule has 1 nitrogen and oxygen atoms in total. The number of nitrogens with one attached hydrogen (secondary N) is 1. The minimum Gasteiger partial charge on any atom is -0.312 e. The van der Waals surface area contributed by atoms with Crippen molar-refractivity contribution >= 4 is 11.8 Å². The normalized spacial score (nSPS) is 27.8. The van der Waals surface area contributed by atoms with Gasteiger partial charge in [0.15, 0.2) is 0 Å². The minimum atomic E-state index is 0.527. The summed E-state index contributed by atoms with van der Waals surface area (Å²) >= 11 is 2.13. The second-order valence-electron chi connectivity index (χ2n) is 4.94. The van der Waals surface area contributed by atoms with Gasteiger partial charge >= 0.3 is 0 Å². The summed E-state index contributed by atoms with van der Waals surface area (Å²) < 4.78 is 0. The third-order valence-corrected chi connectivity index (χ3v) is 5.20. The average molecular weight is 249 g/mol. The molecule has 1 N–H and O–H groups in total. The molecular formula is C15H23NS. The van der Waals surface area contributed by atoms with E-state index in [0.29, 0.717) is 12.0 Å². The Morgan fingerprint density at radius 3 is 2.65 bits per heavy atom. The van der Waals surface area contributed by atoms with Crippen LogP contribution in [-0.4, -0.2) is 18.1 Å². The predicted molar refractivity (Wildman–Crippen MR) is 77.8 cm³/mol. The van der Waals surface area contributed by atoms with Crippen molar-refractivity contribution in [3.05, 3.63) is 35.4 Å². The van der Waals surface area contributed by atoms with Crippen LogP contribution in [0.5, 0.6) is 0 Å². The predicted octanol–water partition coefficient (Wildman–Crippen LogP) is 3.97. The van der Waals surface area contributed by atoms with Crippen LogP contribution in [0.4, 0.5) is 0 Å². The Kier molecular flexibility index (Phi) is 4.52. The number of hydrogen-bond donors (Lipinski definition) is 1. The molecule has 0 bridgehead atoms. The number of thioether (sulfide) groups is 1. The Balaban J connectivity index is 2.25. The molecule has 0 radical (unpaired) electrons. The van der Waals surface area contributed by atoms with Crippen LogP contribution in [-0.2, 0) is 0 Å². The highest BCUT2D eigenvalue weighted by Crippen LogP contribution is 2.42. The van der Waals surface area contributed by atoms with Gasteiger partial charge in [-0.3, -0.25) is 0 Å². The molecule has 1 aromatic carbocycles. The Morgan fingerprint density at radius 1 is 1.29 bits per heavy atom. The van der Waals surface area contributed by atoms with Gasteiger partial charge < -0.3 is 5.32 Å². The second kappa shape index (κ2) is 5.92. The molecule has 0 saturated carbocycles. The van der Waals surface area contributed by atoms with Crippen molar-refractivity contribution in [1.82, 2.24) is 5.32 Å². The van der Waals surface area contributed by atoms with Gasteiger partial charge in [-0.1, -0.05) is 38.1 Å². The first-order valence-corrected chi connectivity index (χ1v) is 7.70. The van der Waals surface area contributed by atoms with Crippen LogP contribution in [0.2, 0.25) is 0 Å². The fourth-order valence-corrected chi connectivity index (χ4v) is 4.27. The van der Waals surface area contributed by atoms with Crippen molar-refractivity contribution in [2.75, 3.05) is 12.8 Å². The van der Waals surface area contributed by atoms with Crippen molar-refractivity contribution in [1.29, 1.82) is 0 Å². The van der Waals surface area contributed by atoms with Gasteiger partial charge in [-0.05, 0) is 42.7 Å². The number of hydrogen-bond acceptors (Lipinski definition) is 2. The summed E-state index contributed by atoms with van der Waals surface area (Å²) in [6.07, 6.45) is 2.57. The van der Waals surface area contributed by atoms with Crippen molar-refractivity contribution in [2.24, 2.45) is 0 Å². The Labute approximate surface area is 109 Å². The van der Waals surface area contributed by atoms with Crippen molar-refractivity contribution in [3.8, 4) is 0 Å². The highest BCUT2D eigenvalue weighted by atomic mass is 32.2. The number of rotatable bonds is 4. The van der Waals surface area contributed by atoms with E-state index in [2.05, 4.69) is 62.2 Å². The van der Waals surface area contributed by atoms with Crippen LogP contribution in [0, 0.1) is 0 Å². The van der Waals surface area contributed by atoms with E-state index < -0.39 is 0 Å². The van der Waals surface area contributed by atoms with Gasteiger partial charge in [-0.15, -0.1) is 0 Å². The molecule has 0 fully saturated rings. The van der Waals surface area contributed by atoms with Gasteiger partial charge in [-0.25, -0.2) is 0 Å². The Bertz CT molecular complexity index is 364. The molecule has 2 rings (SSSR count). The molecule has 1 aliphatic carbocycles. The zero-order valence-corrected chi connectivity index (χ0v) is 11.9. The minimum absolute atomic E-state index is 0.527. The van der Waals surface area contributed by atoms with Crippen LogP contribution in [0.15, 0.2) is 24.3 Å². The molecule has 0 amide bonds. The quantitative estimate of drug-likeness (QED) is 0.866. The molecule has 0 saturated heterocycles.